The third-order valence-corrected chi connectivity index (χ3v) is 5.12. The molecule has 106 valence electrons. The summed E-state index contributed by atoms with van der Waals surface area (Å²) in [6.45, 7) is 0. The standard InChI is InChI=1S/C15H13Br3O2/c1-19-13-7-11(12(17)8-14(13)20-2)15(18)9-4-3-5-10(16)6-9/h3-8,15H,1-2H3. The molecule has 0 saturated carbocycles. The maximum atomic E-state index is 5.37. The lowest BCUT2D eigenvalue weighted by molar-refractivity contribution is 0.354. The van der Waals surface area contributed by atoms with Crippen molar-refractivity contribution in [3.05, 3.63) is 56.5 Å². The van der Waals surface area contributed by atoms with Crippen LogP contribution in [0.15, 0.2) is 45.3 Å². The fourth-order valence-electron chi connectivity index (χ4n) is 1.91. The van der Waals surface area contributed by atoms with Crippen LogP contribution in [0.5, 0.6) is 11.5 Å². The Bertz CT molecular complexity index is 614. The molecule has 2 nitrogen and oxygen atoms in total. The number of ether oxygens (including phenoxy) is 2. The lowest BCUT2D eigenvalue weighted by atomic mass is 10.0. The fourth-order valence-corrected chi connectivity index (χ4v) is 3.85. The van der Waals surface area contributed by atoms with Crippen LogP contribution in [0.2, 0.25) is 0 Å². The van der Waals surface area contributed by atoms with Crippen molar-refractivity contribution in [1.82, 2.24) is 0 Å². The van der Waals surface area contributed by atoms with Crippen molar-refractivity contribution < 1.29 is 9.47 Å². The van der Waals surface area contributed by atoms with Gasteiger partial charge in [-0.2, -0.15) is 0 Å². The molecule has 5 heteroatoms. The van der Waals surface area contributed by atoms with E-state index in [9.17, 15) is 0 Å². The second-order valence-electron chi connectivity index (χ2n) is 4.15. The molecule has 20 heavy (non-hydrogen) atoms. The maximum Gasteiger partial charge on any atom is 0.161 e. The molecule has 0 aromatic heterocycles. The number of hydrogen-bond acceptors (Lipinski definition) is 2. The molecule has 0 N–H and O–H groups in total. The number of benzene rings is 2. The van der Waals surface area contributed by atoms with Gasteiger partial charge < -0.3 is 9.47 Å². The molecule has 2 rings (SSSR count). The lowest BCUT2D eigenvalue weighted by Gasteiger charge is -2.16. The van der Waals surface area contributed by atoms with Crippen molar-refractivity contribution in [2.75, 3.05) is 14.2 Å². The molecule has 2 aromatic rings. The summed E-state index contributed by atoms with van der Waals surface area (Å²) in [5.41, 5.74) is 2.24. The van der Waals surface area contributed by atoms with Gasteiger partial charge in [-0.15, -0.1) is 0 Å². The highest BCUT2D eigenvalue weighted by atomic mass is 79.9. The van der Waals surface area contributed by atoms with Crippen molar-refractivity contribution in [3.63, 3.8) is 0 Å². The Morgan fingerprint density at radius 1 is 0.950 bits per heavy atom. The molecule has 1 atom stereocenters. The number of rotatable bonds is 4. The molecular weight excluding hydrogens is 452 g/mol. The first kappa shape index (κ1) is 15.9. The summed E-state index contributed by atoms with van der Waals surface area (Å²) in [6, 6.07) is 12.1. The van der Waals surface area contributed by atoms with E-state index in [0.29, 0.717) is 11.5 Å². The zero-order chi connectivity index (χ0) is 14.7. The zero-order valence-electron chi connectivity index (χ0n) is 11.0. The molecule has 0 radical (unpaired) electrons. The molecule has 0 aliphatic rings. The van der Waals surface area contributed by atoms with Gasteiger partial charge in [-0.3, -0.25) is 0 Å². The van der Waals surface area contributed by atoms with Crippen LogP contribution in [0.4, 0.5) is 0 Å². The SMILES string of the molecule is COc1cc(Br)c(C(Br)c2cccc(Br)c2)cc1OC. The van der Waals surface area contributed by atoms with Crippen molar-refractivity contribution in [1.29, 1.82) is 0 Å². The van der Waals surface area contributed by atoms with Crippen LogP contribution in [-0.2, 0) is 0 Å². The van der Waals surface area contributed by atoms with Crippen LogP contribution in [0.1, 0.15) is 16.0 Å². The van der Waals surface area contributed by atoms with E-state index < -0.39 is 0 Å². The highest BCUT2D eigenvalue weighted by Gasteiger charge is 2.17. The van der Waals surface area contributed by atoms with Gasteiger partial charge in [0.15, 0.2) is 11.5 Å². The minimum Gasteiger partial charge on any atom is -0.493 e. The summed E-state index contributed by atoms with van der Waals surface area (Å²) in [6.07, 6.45) is 0. The van der Waals surface area contributed by atoms with Crippen molar-refractivity contribution in [2.24, 2.45) is 0 Å². The van der Waals surface area contributed by atoms with Gasteiger partial charge in [-0.1, -0.05) is 59.9 Å². The first-order chi connectivity index (χ1) is 9.56. The van der Waals surface area contributed by atoms with E-state index in [4.69, 9.17) is 9.47 Å². The predicted molar refractivity (Wildman–Crippen MR) is 92.2 cm³/mol. The Kier molecular flexibility index (Phi) is 5.52. The summed E-state index contributed by atoms with van der Waals surface area (Å²) < 4.78 is 12.7. The van der Waals surface area contributed by atoms with E-state index in [1.165, 1.54) is 0 Å². The van der Waals surface area contributed by atoms with E-state index >= 15 is 0 Å². The van der Waals surface area contributed by atoms with Crippen molar-refractivity contribution >= 4 is 47.8 Å². The Morgan fingerprint density at radius 2 is 1.60 bits per heavy atom. The molecule has 0 saturated heterocycles. The van der Waals surface area contributed by atoms with E-state index in [-0.39, 0.29) is 4.83 Å². The predicted octanol–water partition coefficient (Wildman–Crippen LogP) is 5.71. The number of hydrogen-bond donors (Lipinski definition) is 0. The smallest absolute Gasteiger partial charge is 0.161 e. The molecule has 0 aliphatic carbocycles. The molecule has 2 aromatic carbocycles. The van der Waals surface area contributed by atoms with Gasteiger partial charge >= 0.3 is 0 Å². The first-order valence-electron chi connectivity index (χ1n) is 5.87. The molecule has 0 aliphatic heterocycles. The van der Waals surface area contributed by atoms with E-state index in [0.717, 1.165) is 20.1 Å². The maximum absolute atomic E-state index is 5.37. The average Bonchev–Trinajstić information content (AvgIpc) is 2.46. The summed E-state index contributed by atoms with van der Waals surface area (Å²) in [5.74, 6) is 1.42. The molecule has 1 unspecified atom stereocenters. The van der Waals surface area contributed by atoms with Crippen LogP contribution in [0, 0.1) is 0 Å². The zero-order valence-corrected chi connectivity index (χ0v) is 15.7. The van der Waals surface area contributed by atoms with Gasteiger partial charge in [0.05, 0.1) is 19.0 Å². The topological polar surface area (TPSA) is 18.5 Å². The van der Waals surface area contributed by atoms with E-state index in [1.54, 1.807) is 14.2 Å². The Balaban J connectivity index is 2.46. The monoisotopic (exact) mass is 462 g/mol. The second-order valence-corrected chi connectivity index (χ2v) is 6.83. The largest absolute Gasteiger partial charge is 0.493 e. The summed E-state index contributed by atoms with van der Waals surface area (Å²) >= 11 is 10.8. The third kappa shape index (κ3) is 3.38. The van der Waals surface area contributed by atoms with Crippen molar-refractivity contribution in [3.8, 4) is 11.5 Å². The number of methoxy groups -OCH3 is 2. The lowest BCUT2D eigenvalue weighted by Crippen LogP contribution is -1.98. The Hall–Kier alpha value is -0.520. The van der Waals surface area contributed by atoms with Gasteiger partial charge in [-0.25, -0.2) is 0 Å². The molecule has 0 heterocycles. The van der Waals surface area contributed by atoms with E-state index in [1.807, 2.05) is 24.3 Å². The normalized spacial score (nSPS) is 12.1. The molecule has 0 fully saturated rings. The van der Waals surface area contributed by atoms with Crippen molar-refractivity contribution in [2.45, 2.75) is 4.83 Å². The Morgan fingerprint density at radius 3 is 2.20 bits per heavy atom. The van der Waals surface area contributed by atoms with Crippen LogP contribution >= 0.6 is 47.8 Å². The van der Waals surface area contributed by atoms with E-state index in [2.05, 4.69) is 59.9 Å². The third-order valence-electron chi connectivity index (χ3n) is 2.92. The van der Waals surface area contributed by atoms with Crippen LogP contribution in [0.25, 0.3) is 0 Å². The Labute approximate surface area is 143 Å². The molecule has 0 amide bonds. The summed E-state index contributed by atoms with van der Waals surface area (Å²) in [4.78, 5) is 0.0641. The quantitative estimate of drug-likeness (QED) is 0.539. The van der Waals surface area contributed by atoms with Gasteiger partial charge in [0, 0.05) is 8.95 Å². The van der Waals surface area contributed by atoms with Crippen LogP contribution in [0.3, 0.4) is 0 Å². The van der Waals surface area contributed by atoms with Gasteiger partial charge in [-0.05, 0) is 35.4 Å². The van der Waals surface area contributed by atoms with Gasteiger partial charge in [0.1, 0.15) is 0 Å². The minimum atomic E-state index is 0.0641. The highest BCUT2D eigenvalue weighted by Crippen LogP contribution is 2.41. The second kappa shape index (κ2) is 6.96. The van der Waals surface area contributed by atoms with Crippen LogP contribution < -0.4 is 9.47 Å². The number of halogens is 3. The van der Waals surface area contributed by atoms with Gasteiger partial charge in [0.2, 0.25) is 0 Å². The van der Waals surface area contributed by atoms with Crippen LogP contribution in [-0.4, -0.2) is 14.2 Å². The van der Waals surface area contributed by atoms with Gasteiger partial charge in [0.25, 0.3) is 0 Å². The molecule has 0 bridgehead atoms. The fraction of sp³-hybridized carbons (Fsp3) is 0.200. The summed E-state index contributed by atoms with van der Waals surface area (Å²) in [7, 11) is 3.27. The first-order valence-corrected chi connectivity index (χ1v) is 8.38. The summed E-state index contributed by atoms with van der Waals surface area (Å²) in [5, 5.41) is 0. The number of alkyl halides is 1. The molecule has 0 spiro atoms. The highest BCUT2D eigenvalue weighted by molar-refractivity contribution is 9.11. The molecular formula is C15H13Br3O2. The average molecular weight is 465 g/mol. The minimum absolute atomic E-state index is 0.0641.